The molecular weight excluding hydrogens is 294 g/mol. The molecule has 5 nitrogen and oxygen atoms in total. The predicted octanol–water partition coefficient (Wildman–Crippen LogP) is 2.31. The molecule has 1 aliphatic heterocycles. The fraction of sp³-hybridized carbons (Fsp3) is 0.556. The van der Waals surface area contributed by atoms with Gasteiger partial charge >= 0.3 is 0 Å². The second-order valence-corrected chi connectivity index (χ2v) is 6.63. The molecule has 1 aromatic rings. The summed E-state index contributed by atoms with van der Waals surface area (Å²) in [7, 11) is 0. The van der Waals surface area contributed by atoms with E-state index in [-0.39, 0.29) is 17.5 Å². The van der Waals surface area contributed by atoms with Crippen LogP contribution in [0.1, 0.15) is 42.7 Å². The van der Waals surface area contributed by atoms with Crippen LogP contribution in [0.25, 0.3) is 0 Å². The molecule has 3 rings (SSSR count). The van der Waals surface area contributed by atoms with Crippen molar-refractivity contribution in [3.8, 4) is 5.75 Å². The first-order valence-corrected chi connectivity index (χ1v) is 8.21. The molecule has 0 spiro atoms. The van der Waals surface area contributed by atoms with E-state index in [9.17, 15) is 9.59 Å². The molecule has 124 valence electrons. The van der Waals surface area contributed by atoms with Gasteiger partial charge < -0.3 is 9.57 Å². The molecule has 1 saturated carbocycles. The Kier molecular flexibility index (Phi) is 4.78. The van der Waals surface area contributed by atoms with Crippen molar-refractivity contribution in [2.75, 3.05) is 13.2 Å². The maximum absolute atomic E-state index is 12.8. The number of hydrogen-bond acceptors (Lipinski definition) is 5. The summed E-state index contributed by atoms with van der Waals surface area (Å²) < 4.78 is 5.37. The Hall–Kier alpha value is -1.72. The van der Waals surface area contributed by atoms with Crippen LogP contribution < -0.4 is 10.7 Å². The Morgan fingerprint density at radius 2 is 2.00 bits per heavy atom. The van der Waals surface area contributed by atoms with Gasteiger partial charge in [0.2, 0.25) is 0 Å². The van der Waals surface area contributed by atoms with Crippen molar-refractivity contribution in [2.45, 2.75) is 38.5 Å². The van der Waals surface area contributed by atoms with Crippen LogP contribution in [0.2, 0.25) is 0 Å². The average molecular weight is 317 g/mol. The monoisotopic (exact) mass is 317 g/mol. The zero-order valence-electron chi connectivity index (χ0n) is 13.4. The van der Waals surface area contributed by atoms with Crippen molar-refractivity contribution in [1.82, 2.24) is 0 Å². The second kappa shape index (κ2) is 6.81. The van der Waals surface area contributed by atoms with Gasteiger partial charge in [-0.3, -0.25) is 9.59 Å². The van der Waals surface area contributed by atoms with Crippen LogP contribution in [-0.4, -0.2) is 24.8 Å². The van der Waals surface area contributed by atoms with Crippen LogP contribution in [0, 0.1) is 18.8 Å². The Labute approximate surface area is 136 Å². The highest BCUT2D eigenvalue weighted by atomic mass is 16.6. The molecule has 2 fully saturated rings. The van der Waals surface area contributed by atoms with Crippen molar-refractivity contribution in [3.05, 3.63) is 29.3 Å². The van der Waals surface area contributed by atoms with Crippen molar-refractivity contribution in [2.24, 2.45) is 17.7 Å². The number of hydrogen-bond donors (Lipinski definition) is 1. The van der Waals surface area contributed by atoms with E-state index in [0.717, 1.165) is 43.6 Å². The quantitative estimate of drug-likeness (QED) is 0.681. The molecule has 1 heterocycles. The molecule has 0 amide bonds. The minimum atomic E-state index is -0.657. The summed E-state index contributed by atoms with van der Waals surface area (Å²) >= 11 is 0. The maximum Gasteiger partial charge on any atom is 0.151 e. The first-order valence-electron chi connectivity index (χ1n) is 8.21. The van der Waals surface area contributed by atoms with E-state index in [1.54, 1.807) is 12.1 Å². The van der Waals surface area contributed by atoms with Gasteiger partial charge in [0, 0.05) is 25.6 Å². The van der Waals surface area contributed by atoms with Gasteiger partial charge in [0.05, 0.1) is 0 Å². The smallest absolute Gasteiger partial charge is 0.151 e. The second-order valence-electron chi connectivity index (χ2n) is 6.63. The number of benzene rings is 1. The van der Waals surface area contributed by atoms with Gasteiger partial charge in [-0.25, -0.2) is 0 Å². The highest BCUT2D eigenvalue weighted by Crippen LogP contribution is 2.39. The Morgan fingerprint density at radius 1 is 1.26 bits per heavy atom. The van der Waals surface area contributed by atoms with Gasteiger partial charge in [0.1, 0.15) is 17.5 Å². The molecule has 2 N–H and O–H groups in total. The summed E-state index contributed by atoms with van der Waals surface area (Å²) in [6.07, 6.45) is 3.13. The minimum absolute atomic E-state index is 0.0179. The number of carbonyl (C=O) groups excluding carboxylic acids is 2. The summed E-state index contributed by atoms with van der Waals surface area (Å²) in [5, 5.41) is 0. The van der Waals surface area contributed by atoms with Crippen molar-refractivity contribution in [3.63, 3.8) is 0 Å². The number of aryl methyl sites for hydroxylation is 1. The zero-order valence-corrected chi connectivity index (χ0v) is 13.4. The molecule has 1 aliphatic carbocycles. The number of ketones is 2. The van der Waals surface area contributed by atoms with Crippen molar-refractivity contribution >= 4 is 11.6 Å². The normalized spacial score (nSPS) is 25.8. The Bertz CT molecular complexity index is 607. The summed E-state index contributed by atoms with van der Waals surface area (Å²) in [5.74, 6) is 5.43. The summed E-state index contributed by atoms with van der Waals surface area (Å²) in [6.45, 7) is 3.43. The minimum Gasteiger partial charge on any atom is -0.412 e. The third-order valence-corrected chi connectivity index (χ3v) is 5.11. The SMILES string of the molecule is Cc1ccc(ON)cc1C1C(=O)CC(CC2CCOCC2)C1=O. The van der Waals surface area contributed by atoms with E-state index in [2.05, 4.69) is 0 Å². The van der Waals surface area contributed by atoms with Gasteiger partial charge in [0.25, 0.3) is 0 Å². The molecule has 0 radical (unpaired) electrons. The van der Waals surface area contributed by atoms with E-state index in [1.165, 1.54) is 0 Å². The van der Waals surface area contributed by atoms with Crippen LogP contribution in [0.3, 0.4) is 0 Å². The molecule has 1 saturated heterocycles. The lowest BCUT2D eigenvalue weighted by Crippen LogP contribution is -2.22. The van der Waals surface area contributed by atoms with E-state index < -0.39 is 5.92 Å². The Balaban J connectivity index is 1.78. The summed E-state index contributed by atoms with van der Waals surface area (Å²) in [4.78, 5) is 30.0. The van der Waals surface area contributed by atoms with Crippen LogP contribution in [0.15, 0.2) is 18.2 Å². The van der Waals surface area contributed by atoms with Gasteiger partial charge in [-0.2, -0.15) is 5.90 Å². The third-order valence-electron chi connectivity index (χ3n) is 5.11. The van der Waals surface area contributed by atoms with Crippen LogP contribution in [0.5, 0.6) is 5.75 Å². The largest absolute Gasteiger partial charge is 0.412 e. The van der Waals surface area contributed by atoms with E-state index in [1.807, 2.05) is 13.0 Å². The van der Waals surface area contributed by atoms with Gasteiger partial charge in [-0.15, -0.1) is 0 Å². The first kappa shape index (κ1) is 16.1. The van der Waals surface area contributed by atoms with Gasteiger partial charge in [-0.05, 0) is 55.4 Å². The fourth-order valence-electron chi connectivity index (χ4n) is 3.77. The lowest BCUT2D eigenvalue weighted by Gasteiger charge is -2.24. The fourth-order valence-corrected chi connectivity index (χ4v) is 3.77. The molecule has 5 heteroatoms. The van der Waals surface area contributed by atoms with Gasteiger partial charge in [-0.1, -0.05) is 6.07 Å². The number of nitrogens with two attached hydrogens (primary N) is 1. The van der Waals surface area contributed by atoms with Crippen molar-refractivity contribution in [1.29, 1.82) is 0 Å². The summed E-state index contributed by atoms with van der Waals surface area (Å²) in [6, 6.07) is 5.29. The molecule has 2 unspecified atom stereocenters. The highest BCUT2D eigenvalue weighted by Gasteiger charge is 2.43. The van der Waals surface area contributed by atoms with Crippen LogP contribution in [-0.2, 0) is 14.3 Å². The number of Topliss-reactive ketones (excluding diaryl/α,β-unsaturated/α-hetero) is 2. The third kappa shape index (κ3) is 3.31. The molecule has 23 heavy (non-hydrogen) atoms. The number of ether oxygens (including phenoxy) is 1. The predicted molar refractivity (Wildman–Crippen MR) is 85.0 cm³/mol. The maximum atomic E-state index is 12.8. The summed E-state index contributed by atoms with van der Waals surface area (Å²) in [5.41, 5.74) is 1.65. The van der Waals surface area contributed by atoms with E-state index >= 15 is 0 Å². The molecular formula is C18H23NO4. The molecule has 2 aliphatic rings. The standard InChI is InChI=1S/C18H23NO4/c1-11-2-3-14(23-19)10-15(11)17-16(20)9-13(18(17)21)8-12-4-6-22-7-5-12/h2-3,10,12-13,17H,4-9,19H2,1H3. The van der Waals surface area contributed by atoms with E-state index in [4.69, 9.17) is 15.5 Å². The Morgan fingerprint density at radius 3 is 2.70 bits per heavy atom. The van der Waals surface area contributed by atoms with E-state index in [0.29, 0.717) is 18.1 Å². The molecule has 2 atom stereocenters. The topological polar surface area (TPSA) is 78.6 Å². The van der Waals surface area contributed by atoms with Crippen molar-refractivity contribution < 1.29 is 19.2 Å². The van der Waals surface area contributed by atoms with Gasteiger partial charge in [0.15, 0.2) is 5.78 Å². The average Bonchev–Trinajstić information content (AvgIpc) is 2.83. The lowest BCUT2D eigenvalue weighted by molar-refractivity contribution is -0.125. The van der Waals surface area contributed by atoms with Crippen LogP contribution in [0.4, 0.5) is 0 Å². The number of carbonyl (C=O) groups is 2. The zero-order chi connectivity index (χ0) is 16.4. The molecule has 0 bridgehead atoms. The highest BCUT2D eigenvalue weighted by molar-refractivity contribution is 6.14. The lowest BCUT2D eigenvalue weighted by atomic mass is 9.85. The van der Waals surface area contributed by atoms with Crippen LogP contribution >= 0.6 is 0 Å². The first-order chi connectivity index (χ1) is 11.1. The number of rotatable bonds is 4. The molecule has 0 aromatic heterocycles. The molecule has 1 aromatic carbocycles.